The molecule has 0 aliphatic rings. The lowest BCUT2D eigenvalue weighted by Crippen LogP contribution is -2.28. The average Bonchev–Trinajstić information content (AvgIpc) is 2.38. The van der Waals surface area contributed by atoms with Gasteiger partial charge >= 0.3 is 7.59 Å². The van der Waals surface area contributed by atoms with Crippen LogP contribution in [-0.2, 0) is 4.57 Å². The predicted molar refractivity (Wildman–Crippen MR) is 75.3 cm³/mol. The van der Waals surface area contributed by atoms with Crippen LogP contribution in [0.15, 0.2) is 54.6 Å². The lowest BCUT2D eigenvalue weighted by atomic mass is 10.0. The van der Waals surface area contributed by atoms with Crippen LogP contribution >= 0.6 is 7.59 Å². The minimum atomic E-state index is -3.56. The summed E-state index contributed by atoms with van der Waals surface area (Å²) < 4.78 is 11.1. The van der Waals surface area contributed by atoms with Gasteiger partial charge in [0.2, 0.25) is 0 Å². The fourth-order valence-electron chi connectivity index (χ4n) is 1.67. The normalized spacial score (nSPS) is 11.1. The molecule has 0 atom stereocenters. The molecule has 2 aromatic rings. The van der Waals surface area contributed by atoms with Crippen molar-refractivity contribution < 1.29 is 9.36 Å². The first-order valence-corrected chi connectivity index (χ1v) is 7.45. The minimum Gasteiger partial charge on any atom is -0.279 e. The zero-order valence-electron chi connectivity index (χ0n) is 10.1. The van der Waals surface area contributed by atoms with E-state index >= 15 is 0 Å². The van der Waals surface area contributed by atoms with Gasteiger partial charge < -0.3 is 0 Å². The van der Waals surface area contributed by atoms with Crippen molar-refractivity contribution in [3.05, 3.63) is 60.2 Å². The lowest BCUT2D eigenvalue weighted by molar-refractivity contribution is 0.0980. The molecule has 0 spiro atoms. The van der Waals surface area contributed by atoms with Crippen LogP contribution in [0.5, 0.6) is 0 Å². The van der Waals surface area contributed by atoms with Gasteiger partial charge in [0.15, 0.2) is 0 Å². The first-order chi connectivity index (χ1) is 8.96. The predicted octanol–water partition coefficient (Wildman–Crippen LogP) is 2.11. The summed E-state index contributed by atoms with van der Waals surface area (Å²) in [6.45, 7) is 0. The summed E-state index contributed by atoms with van der Waals surface area (Å²) in [7, 11) is -3.56. The quantitative estimate of drug-likeness (QED) is 0.747. The van der Waals surface area contributed by atoms with Crippen molar-refractivity contribution >= 4 is 13.5 Å². The highest BCUT2D eigenvalue weighted by Gasteiger charge is 2.14. The Morgan fingerprint density at radius 3 is 1.95 bits per heavy atom. The third-order valence-electron chi connectivity index (χ3n) is 2.53. The molecule has 0 saturated heterocycles. The number of rotatable bonds is 3. The summed E-state index contributed by atoms with van der Waals surface area (Å²) >= 11 is 0. The van der Waals surface area contributed by atoms with Crippen molar-refractivity contribution in [2.75, 3.05) is 0 Å². The van der Waals surface area contributed by atoms with Gasteiger partial charge in [0, 0.05) is 5.56 Å². The van der Waals surface area contributed by atoms with Gasteiger partial charge in [-0.2, -0.15) is 0 Å². The lowest BCUT2D eigenvalue weighted by Gasteiger charge is -2.09. The van der Waals surface area contributed by atoms with E-state index in [1.165, 1.54) is 0 Å². The number of hydrogen-bond acceptors (Lipinski definition) is 2. The van der Waals surface area contributed by atoms with Crippen molar-refractivity contribution in [2.45, 2.75) is 0 Å². The van der Waals surface area contributed by atoms with Crippen molar-refractivity contribution in [2.24, 2.45) is 11.0 Å². The molecular formula is C13H14N3O2P. The van der Waals surface area contributed by atoms with E-state index in [0.717, 1.165) is 11.1 Å². The van der Waals surface area contributed by atoms with Gasteiger partial charge in [-0.25, -0.2) is 0 Å². The molecule has 6 heteroatoms. The van der Waals surface area contributed by atoms with E-state index in [2.05, 4.69) is 5.09 Å². The van der Waals surface area contributed by atoms with Crippen LogP contribution in [0.2, 0.25) is 0 Å². The second-order valence-corrected chi connectivity index (χ2v) is 5.74. The van der Waals surface area contributed by atoms with Crippen LogP contribution < -0.4 is 16.1 Å². The first kappa shape index (κ1) is 13.5. The molecular weight excluding hydrogens is 261 g/mol. The Kier molecular flexibility index (Phi) is 3.81. The maximum absolute atomic E-state index is 11.7. The van der Waals surface area contributed by atoms with Gasteiger partial charge in [-0.1, -0.05) is 42.5 Å². The molecule has 19 heavy (non-hydrogen) atoms. The van der Waals surface area contributed by atoms with Gasteiger partial charge in [-0.05, 0) is 23.3 Å². The summed E-state index contributed by atoms with van der Waals surface area (Å²) in [5, 5.41) is 2.07. The summed E-state index contributed by atoms with van der Waals surface area (Å²) in [4.78, 5) is 11.7. The van der Waals surface area contributed by atoms with E-state index in [9.17, 15) is 9.36 Å². The second-order valence-electron chi connectivity index (χ2n) is 4.09. The van der Waals surface area contributed by atoms with Gasteiger partial charge in [0.1, 0.15) is 0 Å². The maximum atomic E-state index is 11.7. The molecule has 2 rings (SSSR count). The smallest absolute Gasteiger partial charge is 0.279 e. The number of carbonyl (C=O) groups excluding carboxylic acids is 1. The van der Waals surface area contributed by atoms with Gasteiger partial charge in [-0.15, -0.1) is 0 Å². The summed E-state index contributed by atoms with van der Waals surface area (Å²) in [6.07, 6.45) is 0. The van der Waals surface area contributed by atoms with Crippen molar-refractivity contribution in [3.63, 3.8) is 0 Å². The highest BCUT2D eigenvalue weighted by molar-refractivity contribution is 7.57. The van der Waals surface area contributed by atoms with E-state index in [0.29, 0.717) is 5.56 Å². The molecule has 0 aliphatic carbocycles. The Hall–Kier alpha value is -1.94. The van der Waals surface area contributed by atoms with Crippen LogP contribution in [0.3, 0.4) is 0 Å². The number of nitrogens with one attached hydrogen (secondary N) is 1. The summed E-state index contributed by atoms with van der Waals surface area (Å²) in [5.41, 5.74) is 12.6. The third kappa shape index (κ3) is 3.76. The van der Waals surface area contributed by atoms with Crippen molar-refractivity contribution in [1.29, 1.82) is 0 Å². The Morgan fingerprint density at radius 1 is 0.895 bits per heavy atom. The Balaban J connectivity index is 2.20. The molecule has 0 saturated carbocycles. The third-order valence-corrected chi connectivity index (χ3v) is 3.08. The molecule has 5 N–H and O–H groups in total. The second kappa shape index (κ2) is 5.36. The topological polar surface area (TPSA) is 98.2 Å². The molecule has 0 aliphatic heterocycles. The molecule has 0 aromatic heterocycles. The summed E-state index contributed by atoms with van der Waals surface area (Å²) in [6, 6.07) is 16.6. The van der Waals surface area contributed by atoms with E-state index in [-0.39, 0.29) is 0 Å². The highest BCUT2D eigenvalue weighted by atomic mass is 31.2. The number of hydrogen-bond donors (Lipinski definition) is 3. The van der Waals surface area contributed by atoms with Gasteiger partial charge in [0.25, 0.3) is 5.91 Å². The number of carbonyl (C=O) groups is 1. The minimum absolute atomic E-state index is 0.357. The fourth-order valence-corrected chi connectivity index (χ4v) is 2.11. The molecule has 98 valence electrons. The molecule has 5 nitrogen and oxygen atoms in total. The van der Waals surface area contributed by atoms with Crippen LogP contribution in [0, 0.1) is 0 Å². The van der Waals surface area contributed by atoms with Crippen LogP contribution in [0.25, 0.3) is 11.1 Å². The molecule has 0 fully saturated rings. The maximum Gasteiger partial charge on any atom is 0.300 e. The van der Waals surface area contributed by atoms with E-state index < -0.39 is 13.5 Å². The van der Waals surface area contributed by atoms with E-state index in [1.807, 2.05) is 42.5 Å². The molecule has 0 heterocycles. The van der Waals surface area contributed by atoms with Gasteiger partial charge in [0.05, 0.1) is 0 Å². The zero-order chi connectivity index (χ0) is 13.9. The zero-order valence-corrected chi connectivity index (χ0v) is 11.0. The first-order valence-electron chi connectivity index (χ1n) is 5.61. The van der Waals surface area contributed by atoms with Crippen molar-refractivity contribution in [1.82, 2.24) is 5.09 Å². The Morgan fingerprint density at radius 2 is 1.42 bits per heavy atom. The molecule has 2 aromatic carbocycles. The molecule has 0 unspecified atom stereocenters. The number of amides is 1. The number of nitrogens with two attached hydrogens (primary N) is 2. The highest BCUT2D eigenvalue weighted by Crippen LogP contribution is 2.21. The monoisotopic (exact) mass is 275 g/mol. The van der Waals surface area contributed by atoms with E-state index in [1.54, 1.807) is 12.1 Å². The Labute approximate surface area is 111 Å². The standard InChI is InChI=1S/C13H14N3O2P/c14-19(15,18)16-13(17)12-8-6-11(7-9-12)10-4-2-1-3-5-10/h1-9H,(H5,14,15,16,17,18). The molecule has 0 bridgehead atoms. The van der Waals surface area contributed by atoms with Crippen molar-refractivity contribution in [3.8, 4) is 11.1 Å². The van der Waals surface area contributed by atoms with Crippen LogP contribution in [0.1, 0.15) is 10.4 Å². The Bertz CT molecular complexity index is 620. The largest absolute Gasteiger partial charge is 0.300 e. The fraction of sp³-hybridized carbons (Fsp3) is 0. The van der Waals surface area contributed by atoms with Crippen LogP contribution in [0.4, 0.5) is 0 Å². The number of benzene rings is 2. The average molecular weight is 275 g/mol. The van der Waals surface area contributed by atoms with E-state index in [4.69, 9.17) is 11.0 Å². The van der Waals surface area contributed by atoms with Gasteiger partial charge in [-0.3, -0.25) is 25.5 Å². The van der Waals surface area contributed by atoms with Crippen LogP contribution in [-0.4, -0.2) is 5.91 Å². The summed E-state index contributed by atoms with van der Waals surface area (Å²) in [5.74, 6) is -0.548. The molecule has 0 radical (unpaired) electrons. The molecule has 1 amide bonds. The SMILES string of the molecule is NP(N)(=O)NC(=O)c1ccc(-c2ccccc2)cc1.